The Morgan fingerprint density at radius 1 is 0.786 bits per heavy atom. The molecule has 56 heavy (non-hydrogen) atoms. The highest BCUT2D eigenvalue weighted by molar-refractivity contribution is 6.03. The maximum absolute atomic E-state index is 15.4. The van der Waals surface area contributed by atoms with Gasteiger partial charge in [0.05, 0.1) is 25.2 Å². The Balaban J connectivity index is 1.28. The first-order chi connectivity index (χ1) is 27.2. The van der Waals surface area contributed by atoms with Crippen molar-refractivity contribution in [3.8, 4) is 11.3 Å². The third kappa shape index (κ3) is 8.64. The van der Waals surface area contributed by atoms with Crippen LogP contribution in [0.15, 0.2) is 72.8 Å². The van der Waals surface area contributed by atoms with Crippen molar-refractivity contribution in [2.24, 2.45) is 7.05 Å². The maximum atomic E-state index is 15.4. The van der Waals surface area contributed by atoms with Crippen LogP contribution >= 0.6 is 0 Å². The molecule has 3 amide bonds. The molecule has 296 valence electrons. The zero-order valence-electron chi connectivity index (χ0n) is 33.9. The van der Waals surface area contributed by atoms with E-state index in [-0.39, 0.29) is 23.8 Å². The van der Waals surface area contributed by atoms with E-state index in [0.29, 0.717) is 56.8 Å². The van der Waals surface area contributed by atoms with Gasteiger partial charge < -0.3 is 24.0 Å². The molecule has 4 aromatic rings. The van der Waals surface area contributed by atoms with Crippen molar-refractivity contribution in [2.75, 3.05) is 52.5 Å². The van der Waals surface area contributed by atoms with Crippen molar-refractivity contribution in [3.05, 3.63) is 117 Å². The molecule has 0 N–H and O–H groups in total. The van der Waals surface area contributed by atoms with E-state index >= 15 is 4.79 Å². The molecule has 9 heteroatoms. The molecule has 0 aliphatic carbocycles. The van der Waals surface area contributed by atoms with Gasteiger partial charge in [-0.2, -0.15) is 0 Å². The largest absolute Gasteiger partial charge is 0.379 e. The first kappa shape index (κ1) is 39.5. The van der Waals surface area contributed by atoms with E-state index < -0.39 is 0 Å². The molecule has 7 rings (SSSR count). The zero-order valence-corrected chi connectivity index (χ0v) is 33.9. The fourth-order valence-corrected chi connectivity index (χ4v) is 8.68. The van der Waals surface area contributed by atoms with Crippen LogP contribution in [-0.4, -0.2) is 100 Å². The number of amides is 3. The molecule has 1 fully saturated rings. The zero-order chi connectivity index (χ0) is 39.2. The number of nitrogens with zero attached hydrogens (tertiary/aromatic N) is 5. The van der Waals surface area contributed by atoms with E-state index in [1.165, 1.54) is 11.1 Å². The molecular formula is C47H59N5O4. The highest BCUT2D eigenvalue weighted by atomic mass is 16.5. The summed E-state index contributed by atoms with van der Waals surface area (Å²) < 4.78 is 7.77. The molecule has 0 bridgehead atoms. The Morgan fingerprint density at radius 2 is 1.48 bits per heavy atom. The van der Waals surface area contributed by atoms with E-state index in [1.54, 1.807) is 0 Å². The number of carbonyl (C=O) groups is 3. The maximum Gasteiger partial charge on any atom is 0.255 e. The molecular weight excluding hydrogens is 699 g/mol. The molecule has 9 nitrogen and oxygen atoms in total. The van der Waals surface area contributed by atoms with Crippen molar-refractivity contribution in [1.82, 2.24) is 24.2 Å². The minimum atomic E-state index is -0.0127. The monoisotopic (exact) mass is 757 g/mol. The van der Waals surface area contributed by atoms with Crippen LogP contribution in [0.4, 0.5) is 0 Å². The molecule has 0 saturated carbocycles. The predicted molar refractivity (Wildman–Crippen MR) is 222 cm³/mol. The smallest absolute Gasteiger partial charge is 0.255 e. The first-order valence-electron chi connectivity index (χ1n) is 20.9. The Kier molecular flexibility index (Phi) is 12.7. The third-order valence-electron chi connectivity index (χ3n) is 12.2. The van der Waals surface area contributed by atoms with Crippen LogP contribution in [0.2, 0.25) is 0 Å². The molecule has 3 aliphatic rings. The summed E-state index contributed by atoms with van der Waals surface area (Å²) in [6.07, 6.45) is 5.82. The van der Waals surface area contributed by atoms with Gasteiger partial charge in [-0.3, -0.25) is 19.3 Å². The van der Waals surface area contributed by atoms with E-state index in [2.05, 4.69) is 64.6 Å². The van der Waals surface area contributed by atoms with Gasteiger partial charge in [0.25, 0.3) is 11.8 Å². The van der Waals surface area contributed by atoms with Gasteiger partial charge in [0, 0.05) is 88.0 Å². The number of hydrogen-bond acceptors (Lipinski definition) is 5. The molecule has 0 radical (unpaired) electrons. The van der Waals surface area contributed by atoms with Crippen molar-refractivity contribution in [3.63, 3.8) is 0 Å². The first-order valence-corrected chi connectivity index (χ1v) is 20.9. The summed E-state index contributed by atoms with van der Waals surface area (Å²) >= 11 is 0. The number of carbonyl (C=O) groups excluding carboxylic acids is 3. The predicted octanol–water partition coefficient (Wildman–Crippen LogP) is 7.07. The minimum absolute atomic E-state index is 0.0115. The van der Waals surface area contributed by atoms with Gasteiger partial charge in [-0.1, -0.05) is 81.3 Å². The third-order valence-corrected chi connectivity index (χ3v) is 12.2. The minimum Gasteiger partial charge on any atom is -0.379 e. The van der Waals surface area contributed by atoms with Gasteiger partial charge in [-0.25, -0.2) is 0 Å². The molecule has 3 aromatic carbocycles. The van der Waals surface area contributed by atoms with Crippen molar-refractivity contribution >= 4 is 17.7 Å². The summed E-state index contributed by atoms with van der Waals surface area (Å²) in [4.78, 5) is 51.7. The molecule has 0 unspecified atom stereocenters. The lowest BCUT2D eigenvalue weighted by atomic mass is 9.89. The fraction of sp³-hybridized carbons (Fsp3) is 0.468. The van der Waals surface area contributed by atoms with E-state index in [9.17, 15) is 9.59 Å². The normalized spacial score (nSPS) is 17.0. The second kappa shape index (κ2) is 18.0. The van der Waals surface area contributed by atoms with Gasteiger partial charge in [0.2, 0.25) is 5.91 Å². The number of rotatable bonds is 13. The van der Waals surface area contributed by atoms with Crippen LogP contribution in [0.5, 0.6) is 0 Å². The van der Waals surface area contributed by atoms with Crippen LogP contribution in [-0.2, 0) is 48.9 Å². The lowest BCUT2D eigenvalue weighted by Crippen LogP contribution is -2.52. The SMILES string of the molecule is CCCCN(CCCC)C(=O)c1cc(-c2cc3c(cc2C(=O)N2Cc4ccccc4C[C@H]2CN2CCOCC2)CN(C(=O)Cc2ccccc2)CC3)n(C)c1C. The van der Waals surface area contributed by atoms with E-state index in [0.717, 1.165) is 98.5 Å². The molecule has 0 spiro atoms. The van der Waals surface area contributed by atoms with E-state index in [1.807, 2.05) is 60.2 Å². The van der Waals surface area contributed by atoms with Gasteiger partial charge in [-0.15, -0.1) is 0 Å². The molecule has 3 aliphatic heterocycles. The number of ether oxygens (including phenoxy) is 1. The topological polar surface area (TPSA) is 78.3 Å². The van der Waals surface area contributed by atoms with Crippen LogP contribution in [0, 0.1) is 6.92 Å². The van der Waals surface area contributed by atoms with Crippen molar-refractivity contribution in [2.45, 2.75) is 84.8 Å². The highest BCUT2D eigenvalue weighted by Gasteiger charge is 2.35. The highest BCUT2D eigenvalue weighted by Crippen LogP contribution is 2.36. The average Bonchev–Trinajstić information content (AvgIpc) is 3.52. The number of fused-ring (bicyclic) bond motifs is 2. The molecule has 1 atom stereocenters. The summed E-state index contributed by atoms with van der Waals surface area (Å²) in [5.41, 5.74) is 9.57. The fourth-order valence-electron chi connectivity index (χ4n) is 8.68. The molecule has 4 heterocycles. The lowest BCUT2D eigenvalue weighted by molar-refractivity contribution is -0.131. The summed E-state index contributed by atoms with van der Waals surface area (Å²) in [5, 5.41) is 0. The van der Waals surface area contributed by atoms with Gasteiger partial charge in [0.1, 0.15) is 0 Å². The van der Waals surface area contributed by atoms with Crippen LogP contribution < -0.4 is 0 Å². The average molecular weight is 758 g/mol. The number of benzene rings is 3. The van der Waals surface area contributed by atoms with Crippen molar-refractivity contribution < 1.29 is 19.1 Å². The van der Waals surface area contributed by atoms with Crippen LogP contribution in [0.3, 0.4) is 0 Å². The van der Waals surface area contributed by atoms with Gasteiger partial charge >= 0.3 is 0 Å². The summed E-state index contributed by atoms with van der Waals surface area (Å²) in [5.74, 6) is 0.138. The summed E-state index contributed by atoms with van der Waals surface area (Å²) in [6, 6.07) is 24.7. The Morgan fingerprint density at radius 3 is 2.20 bits per heavy atom. The van der Waals surface area contributed by atoms with E-state index in [4.69, 9.17) is 4.74 Å². The standard InChI is InChI=1S/C47H59N5O4/c1-5-7-19-50(20-8-6-2)46(54)41-30-44(48(4)34(41)3)42-28-37-18-21-51(45(53)26-35-14-10-9-11-15-35)31-39(37)29-43(42)47(55)52-32-38-17-13-12-16-36(38)27-40(52)33-49-22-24-56-25-23-49/h9-17,28-30,40H,5-8,18-27,31-33H2,1-4H3/t40-/m0/s1. The number of unbranched alkanes of at least 4 members (excludes halogenated alkanes) is 2. The van der Waals surface area contributed by atoms with Crippen LogP contribution in [0.25, 0.3) is 11.3 Å². The number of aromatic nitrogens is 1. The second-order valence-corrected chi connectivity index (χ2v) is 16.0. The number of hydrogen-bond donors (Lipinski definition) is 0. The van der Waals surface area contributed by atoms with Gasteiger partial charge in [-0.05, 0) is 78.6 Å². The van der Waals surface area contributed by atoms with Crippen molar-refractivity contribution in [1.29, 1.82) is 0 Å². The summed E-state index contributed by atoms with van der Waals surface area (Å²) in [7, 11) is 2.01. The van der Waals surface area contributed by atoms with Crippen LogP contribution in [0.1, 0.15) is 93.8 Å². The summed E-state index contributed by atoms with van der Waals surface area (Å²) in [6.45, 7) is 13.3. The second-order valence-electron chi connectivity index (χ2n) is 16.0. The molecule has 1 saturated heterocycles. The van der Waals surface area contributed by atoms with Gasteiger partial charge in [0.15, 0.2) is 0 Å². The number of morpholine rings is 1. The Labute approximate surface area is 333 Å². The quantitative estimate of drug-likeness (QED) is 0.146. The Bertz CT molecular complexity index is 2010. The Hall–Kier alpha value is -4.73. The lowest BCUT2D eigenvalue weighted by Gasteiger charge is -2.41. The molecule has 1 aromatic heterocycles.